The lowest BCUT2D eigenvalue weighted by molar-refractivity contribution is -0.142. The molecule has 2 heterocycles. The molecule has 7 nitrogen and oxygen atoms in total. The molecule has 5 rings (SSSR count). The van der Waals surface area contributed by atoms with Crippen molar-refractivity contribution in [3.05, 3.63) is 17.5 Å². The van der Waals surface area contributed by atoms with Crippen LogP contribution < -0.4 is 5.32 Å². The number of hydrogen-bond donors (Lipinski definition) is 2. The second kappa shape index (κ2) is 11.3. The number of likely N-dealkylation sites (N-methyl/N-ethyl adjacent to an activating group) is 1. The standard InChI is InChI=1S/C27H39Cl2F3N6O/c1-36-7-8-38(26(36)33)13-15-9-18(20-14-37(2)35-24(20)27(30,31)32)11-19(10-15)25(39)34-23(16-3-4-16)17-5-6-21(28)22(29)12-17/h14-19,21-23,33H,3-13H2,1-2H3,(H,34,39)/t15?,17?,18?,19?,21?,22?,23-/m0/s1. The van der Waals surface area contributed by atoms with Crippen LogP contribution in [0.4, 0.5) is 13.2 Å². The number of halogens is 5. The predicted molar refractivity (Wildman–Crippen MR) is 145 cm³/mol. The summed E-state index contributed by atoms with van der Waals surface area (Å²) in [6.45, 7) is 2.01. The van der Waals surface area contributed by atoms with Crippen LogP contribution in [0.15, 0.2) is 6.20 Å². The number of hydrogen-bond acceptors (Lipinski definition) is 3. The van der Waals surface area contributed by atoms with Crippen molar-refractivity contribution in [2.75, 3.05) is 26.7 Å². The van der Waals surface area contributed by atoms with Gasteiger partial charge in [0.1, 0.15) is 0 Å². The molecule has 7 atom stereocenters. The monoisotopic (exact) mass is 590 g/mol. The van der Waals surface area contributed by atoms with Gasteiger partial charge in [0.25, 0.3) is 0 Å². The number of nitrogens with one attached hydrogen (secondary N) is 2. The van der Waals surface area contributed by atoms with E-state index in [1.54, 1.807) is 0 Å². The van der Waals surface area contributed by atoms with Crippen LogP contribution >= 0.6 is 23.2 Å². The van der Waals surface area contributed by atoms with E-state index in [2.05, 4.69) is 10.4 Å². The second-order valence-electron chi connectivity index (χ2n) is 12.2. The molecule has 0 bridgehead atoms. The highest BCUT2D eigenvalue weighted by atomic mass is 35.5. The van der Waals surface area contributed by atoms with E-state index in [9.17, 15) is 18.0 Å². The molecule has 0 spiro atoms. The second-order valence-corrected chi connectivity index (χ2v) is 13.4. The molecule has 12 heteroatoms. The fourth-order valence-electron chi connectivity index (χ4n) is 7.09. The Balaban J connectivity index is 1.35. The summed E-state index contributed by atoms with van der Waals surface area (Å²) in [6.07, 6.45) is 3.06. The van der Waals surface area contributed by atoms with Crippen LogP contribution in [0.5, 0.6) is 0 Å². The van der Waals surface area contributed by atoms with Gasteiger partial charge in [-0.1, -0.05) is 0 Å². The Kier molecular flexibility index (Phi) is 8.36. The fourth-order valence-corrected chi connectivity index (χ4v) is 7.67. The smallest absolute Gasteiger partial charge is 0.353 e. The maximum Gasteiger partial charge on any atom is 0.435 e. The SMILES string of the molecule is CN1CCN(CC2CC(C(=O)N[C@@H](C3CC3)C3CCC(Cl)C(Cl)C3)CC(c3cn(C)nc3C(F)(F)F)C2)C1=N. The largest absolute Gasteiger partial charge is 0.435 e. The van der Waals surface area contributed by atoms with E-state index in [1.807, 2.05) is 16.8 Å². The normalized spacial score (nSPS) is 32.9. The van der Waals surface area contributed by atoms with Crippen molar-refractivity contribution < 1.29 is 18.0 Å². The van der Waals surface area contributed by atoms with Crippen molar-refractivity contribution in [1.29, 1.82) is 5.41 Å². The number of nitrogens with zero attached hydrogens (tertiary/aromatic N) is 4. The van der Waals surface area contributed by atoms with Gasteiger partial charge in [-0.15, -0.1) is 23.2 Å². The fraction of sp³-hybridized carbons (Fsp3) is 0.815. The molecule has 4 aliphatic rings. The van der Waals surface area contributed by atoms with Gasteiger partial charge in [-0.25, -0.2) is 0 Å². The summed E-state index contributed by atoms with van der Waals surface area (Å²) in [6, 6.07) is 0.0336. The van der Waals surface area contributed by atoms with Crippen LogP contribution in [0.2, 0.25) is 0 Å². The Bertz CT molecular complexity index is 1060. The molecule has 4 fully saturated rings. The van der Waals surface area contributed by atoms with Gasteiger partial charge >= 0.3 is 6.18 Å². The van der Waals surface area contributed by atoms with Gasteiger partial charge in [-0.3, -0.25) is 14.9 Å². The highest BCUT2D eigenvalue weighted by molar-refractivity contribution is 6.30. The molecule has 6 unspecified atom stereocenters. The molecule has 3 aliphatic carbocycles. The summed E-state index contributed by atoms with van der Waals surface area (Å²) >= 11 is 12.9. The van der Waals surface area contributed by atoms with Gasteiger partial charge in [0.15, 0.2) is 11.7 Å². The van der Waals surface area contributed by atoms with Gasteiger partial charge in [0.2, 0.25) is 5.91 Å². The lowest BCUT2D eigenvalue weighted by Crippen LogP contribution is -2.48. The Morgan fingerprint density at radius 2 is 1.79 bits per heavy atom. The minimum Gasteiger partial charge on any atom is -0.353 e. The van der Waals surface area contributed by atoms with Crippen molar-refractivity contribution in [2.24, 2.45) is 30.7 Å². The first-order chi connectivity index (χ1) is 18.4. The summed E-state index contributed by atoms with van der Waals surface area (Å²) in [5.74, 6) is 0.220. The number of guanidine groups is 1. The first-order valence-corrected chi connectivity index (χ1v) is 15.0. The summed E-state index contributed by atoms with van der Waals surface area (Å²) in [4.78, 5) is 17.7. The molecule has 1 aromatic heterocycles. The number of aryl methyl sites for hydroxylation is 1. The zero-order valence-electron chi connectivity index (χ0n) is 22.6. The van der Waals surface area contributed by atoms with E-state index in [1.165, 1.54) is 17.9 Å². The first kappa shape index (κ1) is 28.8. The third-order valence-corrected chi connectivity index (χ3v) is 10.4. The third-order valence-electron chi connectivity index (χ3n) is 9.27. The molecule has 0 aromatic carbocycles. The Labute approximate surface area is 238 Å². The van der Waals surface area contributed by atoms with Gasteiger partial charge in [-0.2, -0.15) is 18.3 Å². The summed E-state index contributed by atoms with van der Waals surface area (Å²) in [5.41, 5.74) is -0.685. The molecule has 39 heavy (non-hydrogen) atoms. The maximum atomic E-state index is 13.9. The van der Waals surface area contributed by atoms with Gasteiger partial charge in [0, 0.05) is 62.8 Å². The molecule has 1 aliphatic heterocycles. The molecule has 0 radical (unpaired) electrons. The van der Waals surface area contributed by atoms with Crippen LogP contribution in [-0.2, 0) is 18.0 Å². The summed E-state index contributed by atoms with van der Waals surface area (Å²) in [5, 5.41) is 15.3. The average Bonchev–Trinajstić information content (AvgIpc) is 3.57. The van der Waals surface area contributed by atoms with E-state index < -0.39 is 23.7 Å². The maximum absolute atomic E-state index is 13.9. The van der Waals surface area contributed by atoms with Crippen LogP contribution in [0.3, 0.4) is 0 Å². The Hall–Kier alpha value is -1.68. The first-order valence-electron chi connectivity index (χ1n) is 14.1. The van der Waals surface area contributed by atoms with E-state index in [0.29, 0.717) is 44.2 Å². The number of alkyl halides is 5. The lowest BCUT2D eigenvalue weighted by atomic mass is 9.71. The molecule has 1 saturated heterocycles. The van der Waals surface area contributed by atoms with Crippen molar-refractivity contribution in [3.8, 4) is 0 Å². The van der Waals surface area contributed by atoms with E-state index in [-0.39, 0.29) is 40.1 Å². The number of amides is 1. The van der Waals surface area contributed by atoms with Crippen LogP contribution in [-0.4, -0.2) is 74.9 Å². The number of aromatic nitrogens is 2. The Morgan fingerprint density at radius 3 is 2.41 bits per heavy atom. The highest BCUT2D eigenvalue weighted by Crippen LogP contribution is 2.46. The van der Waals surface area contributed by atoms with Gasteiger partial charge in [-0.05, 0) is 75.0 Å². The van der Waals surface area contributed by atoms with Gasteiger partial charge < -0.3 is 15.1 Å². The molecular weight excluding hydrogens is 552 g/mol. The van der Waals surface area contributed by atoms with E-state index in [4.69, 9.17) is 28.6 Å². The minimum atomic E-state index is -4.56. The summed E-state index contributed by atoms with van der Waals surface area (Å²) in [7, 11) is 3.37. The third kappa shape index (κ3) is 6.47. The van der Waals surface area contributed by atoms with E-state index in [0.717, 1.165) is 38.6 Å². The Morgan fingerprint density at radius 1 is 1.08 bits per heavy atom. The van der Waals surface area contributed by atoms with Crippen LogP contribution in [0, 0.1) is 29.1 Å². The van der Waals surface area contributed by atoms with Gasteiger partial charge in [0.05, 0.1) is 5.38 Å². The van der Waals surface area contributed by atoms with Crippen molar-refractivity contribution in [3.63, 3.8) is 0 Å². The molecule has 1 aromatic rings. The van der Waals surface area contributed by atoms with Crippen LogP contribution in [0.1, 0.15) is 68.5 Å². The number of carbonyl (C=O) groups is 1. The van der Waals surface area contributed by atoms with Crippen molar-refractivity contribution in [2.45, 2.75) is 80.3 Å². The predicted octanol–water partition coefficient (Wildman–Crippen LogP) is 5.03. The van der Waals surface area contributed by atoms with E-state index >= 15 is 0 Å². The van der Waals surface area contributed by atoms with Crippen molar-refractivity contribution >= 4 is 35.1 Å². The minimum absolute atomic E-state index is 0.00840. The number of rotatable bonds is 7. The zero-order chi connectivity index (χ0) is 28.1. The molecule has 2 N–H and O–H groups in total. The molecule has 218 valence electrons. The highest BCUT2D eigenvalue weighted by Gasteiger charge is 2.45. The zero-order valence-corrected chi connectivity index (χ0v) is 24.1. The molecule has 3 saturated carbocycles. The average molecular weight is 592 g/mol. The number of carbonyl (C=O) groups excluding carboxylic acids is 1. The van der Waals surface area contributed by atoms with Crippen molar-refractivity contribution in [1.82, 2.24) is 24.9 Å². The summed E-state index contributed by atoms with van der Waals surface area (Å²) < 4.78 is 42.9. The molecular formula is C27H39Cl2F3N6O. The van der Waals surface area contributed by atoms with Crippen LogP contribution in [0.25, 0.3) is 0 Å². The molecule has 1 amide bonds. The topological polar surface area (TPSA) is 77.2 Å². The quantitative estimate of drug-likeness (QED) is 0.437. The lowest BCUT2D eigenvalue weighted by Gasteiger charge is -2.39.